The zero-order valence-electron chi connectivity index (χ0n) is 11.4. The van der Waals surface area contributed by atoms with Gasteiger partial charge in [-0.25, -0.2) is 0 Å². The summed E-state index contributed by atoms with van der Waals surface area (Å²) in [5.41, 5.74) is 7.97. The summed E-state index contributed by atoms with van der Waals surface area (Å²) in [5.74, 6) is 0. The predicted molar refractivity (Wildman–Crippen MR) is 85.2 cm³/mol. The maximum Gasteiger partial charge on any atom is 0.0642 e. The van der Waals surface area contributed by atoms with Gasteiger partial charge in [0.1, 0.15) is 0 Å². The smallest absolute Gasteiger partial charge is 0.0642 e. The van der Waals surface area contributed by atoms with Gasteiger partial charge in [0.25, 0.3) is 0 Å². The van der Waals surface area contributed by atoms with E-state index in [0.717, 1.165) is 16.3 Å². The van der Waals surface area contributed by atoms with E-state index in [9.17, 15) is 0 Å². The highest BCUT2D eigenvalue weighted by atomic mass is 35.5. The molecule has 0 spiro atoms. The fraction of sp³-hybridized carbons (Fsp3) is 0.333. The molecule has 2 aromatic rings. The van der Waals surface area contributed by atoms with E-state index in [2.05, 4.69) is 36.4 Å². The average Bonchev–Trinajstić information content (AvgIpc) is 2.90. The molecular weight excluding hydrogens is 276 g/mol. The Labute approximate surface area is 123 Å². The Balaban J connectivity index is 2.26. The molecule has 1 aromatic heterocycles. The highest BCUT2D eigenvalue weighted by Crippen LogP contribution is 2.34. The van der Waals surface area contributed by atoms with Gasteiger partial charge < -0.3 is 10.6 Å². The molecule has 0 saturated carbocycles. The zero-order chi connectivity index (χ0) is 14.0. The van der Waals surface area contributed by atoms with Gasteiger partial charge in [0, 0.05) is 18.0 Å². The van der Waals surface area contributed by atoms with Gasteiger partial charge in [0.15, 0.2) is 0 Å². The fourth-order valence-electron chi connectivity index (χ4n) is 2.02. The van der Waals surface area contributed by atoms with Crippen LogP contribution in [0.5, 0.6) is 0 Å². The molecule has 2 rings (SSSR count). The van der Waals surface area contributed by atoms with E-state index < -0.39 is 0 Å². The molecule has 0 aliphatic carbocycles. The second-order valence-corrected chi connectivity index (χ2v) is 6.19. The van der Waals surface area contributed by atoms with Crippen LogP contribution in [0.2, 0.25) is 5.02 Å². The molecule has 1 unspecified atom stereocenters. The summed E-state index contributed by atoms with van der Waals surface area (Å²) in [6.07, 6.45) is 0. The van der Waals surface area contributed by atoms with Gasteiger partial charge >= 0.3 is 0 Å². The number of hydrogen-bond donors (Lipinski definition) is 1. The standard InChI is InChI=1S/C15H19ClN2S/c1-10(17)12-6-7-14(13(16)9-12)18(3)11(2)15-5-4-8-19-15/h4-11H,17H2,1-3H3/t10-,11?/m0/s1. The van der Waals surface area contributed by atoms with Crippen molar-refractivity contribution in [3.63, 3.8) is 0 Å². The maximum absolute atomic E-state index is 6.38. The van der Waals surface area contributed by atoms with Crippen molar-refractivity contribution in [3.8, 4) is 0 Å². The lowest BCUT2D eigenvalue weighted by molar-refractivity contribution is 0.752. The normalized spacial score (nSPS) is 14.2. The van der Waals surface area contributed by atoms with Gasteiger partial charge in [-0.1, -0.05) is 23.7 Å². The largest absolute Gasteiger partial charge is 0.366 e. The molecule has 0 aliphatic heterocycles. The third-order valence-corrected chi connectivity index (χ3v) is 4.76. The molecule has 1 aromatic carbocycles. The van der Waals surface area contributed by atoms with Gasteiger partial charge in [-0.05, 0) is 43.0 Å². The van der Waals surface area contributed by atoms with Crippen LogP contribution in [0.1, 0.15) is 36.4 Å². The molecule has 0 radical (unpaired) electrons. The van der Waals surface area contributed by atoms with E-state index >= 15 is 0 Å². The first kappa shape index (κ1) is 14.4. The first-order valence-corrected chi connectivity index (χ1v) is 7.57. The van der Waals surface area contributed by atoms with Crippen LogP contribution in [0, 0.1) is 0 Å². The van der Waals surface area contributed by atoms with E-state index in [1.54, 1.807) is 11.3 Å². The first-order chi connectivity index (χ1) is 9.00. The third-order valence-electron chi connectivity index (χ3n) is 3.41. The summed E-state index contributed by atoms with van der Waals surface area (Å²) in [7, 11) is 2.07. The number of halogens is 1. The summed E-state index contributed by atoms with van der Waals surface area (Å²) in [6, 6.07) is 10.6. The van der Waals surface area contributed by atoms with Gasteiger partial charge in [-0.2, -0.15) is 0 Å². The van der Waals surface area contributed by atoms with Crippen LogP contribution in [-0.4, -0.2) is 7.05 Å². The summed E-state index contributed by atoms with van der Waals surface area (Å²) in [5, 5.41) is 2.85. The Hall–Kier alpha value is -1.03. The van der Waals surface area contributed by atoms with Crippen LogP contribution in [-0.2, 0) is 0 Å². The molecule has 19 heavy (non-hydrogen) atoms. The van der Waals surface area contributed by atoms with Crippen LogP contribution >= 0.6 is 22.9 Å². The van der Waals surface area contributed by atoms with Crippen molar-refractivity contribution >= 4 is 28.6 Å². The molecule has 0 aliphatic rings. The van der Waals surface area contributed by atoms with Gasteiger partial charge in [-0.3, -0.25) is 0 Å². The minimum Gasteiger partial charge on any atom is -0.366 e. The molecule has 2 N–H and O–H groups in total. The molecule has 2 nitrogen and oxygen atoms in total. The van der Waals surface area contributed by atoms with Crippen molar-refractivity contribution in [1.82, 2.24) is 0 Å². The molecule has 1 heterocycles. The number of hydrogen-bond acceptors (Lipinski definition) is 3. The lowest BCUT2D eigenvalue weighted by Crippen LogP contribution is -2.21. The van der Waals surface area contributed by atoms with Crippen molar-refractivity contribution in [2.75, 3.05) is 11.9 Å². The monoisotopic (exact) mass is 294 g/mol. The van der Waals surface area contributed by atoms with E-state index in [1.807, 2.05) is 25.1 Å². The van der Waals surface area contributed by atoms with Crippen molar-refractivity contribution in [1.29, 1.82) is 0 Å². The summed E-state index contributed by atoms with van der Waals surface area (Å²) < 4.78 is 0. The topological polar surface area (TPSA) is 29.3 Å². The van der Waals surface area contributed by atoms with Gasteiger partial charge in [-0.15, -0.1) is 11.3 Å². The van der Waals surface area contributed by atoms with Crippen LogP contribution < -0.4 is 10.6 Å². The number of rotatable bonds is 4. The number of thiophene rings is 1. The van der Waals surface area contributed by atoms with Crippen molar-refractivity contribution in [2.45, 2.75) is 25.9 Å². The van der Waals surface area contributed by atoms with Crippen LogP contribution in [0.3, 0.4) is 0 Å². The van der Waals surface area contributed by atoms with E-state index in [4.69, 9.17) is 17.3 Å². The first-order valence-electron chi connectivity index (χ1n) is 6.32. The van der Waals surface area contributed by atoms with Crippen molar-refractivity contribution in [2.24, 2.45) is 5.73 Å². The molecule has 0 amide bonds. The predicted octanol–water partition coefficient (Wildman–Crippen LogP) is 4.62. The second kappa shape index (κ2) is 5.95. The Morgan fingerprint density at radius 1 is 1.26 bits per heavy atom. The Morgan fingerprint density at radius 2 is 2.00 bits per heavy atom. The highest BCUT2D eigenvalue weighted by molar-refractivity contribution is 7.10. The Morgan fingerprint density at radius 3 is 2.53 bits per heavy atom. The Bertz CT molecular complexity index is 537. The molecule has 4 heteroatoms. The summed E-state index contributed by atoms with van der Waals surface area (Å²) >= 11 is 8.14. The summed E-state index contributed by atoms with van der Waals surface area (Å²) in [4.78, 5) is 3.52. The summed E-state index contributed by atoms with van der Waals surface area (Å²) in [6.45, 7) is 4.14. The highest BCUT2D eigenvalue weighted by Gasteiger charge is 2.16. The molecule has 102 valence electrons. The molecule has 2 atom stereocenters. The lowest BCUT2D eigenvalue weighted by atomic mass is 10.1. The molecule has 0 fully saturated rings. The van der Waals surface area contributed by atoms with Gasteiger partial charge in [0.2, 0.25) is 0 Å². The minimum absolute atomic E-state index is 0.00609. The van der Waals surface area contributed by atoms with Crippen molar-refractivity contribution in [3.05, 3.63) is 51.2 Å². The van der Waals surface area contributed by atoms with Crippen LogP contribution in [0.25, 0.3) is 0 Å². The minimum atomic E-state index is 0.00609. The fourth-order valence-corrected chi connectivity index (χ4v) is 3.17. The van der Waals surface area contributed by atoms with E-state index in [1.165, 1.54) is 4.88 Å². The maximum atomic E-state index is 6.38. The van der Waals surface area contributed by atoms with Crippen molar-refractivity contribution < 1.29 is 0 Å². The quantitative estimate of drug-likeness (QED) is 0.891. The van der Waals surface area contributed by atoms with Crippen LogP contribution in [0.15, 0.2) is 35.7 Å². The number of nitrogens with zero attached hydrogens (tertiary/aromatic N) is 1. The lowest BCUT2D eigenvalue weighted by Gasteiger charge is -2.27. The van der Waals surface area contributed by atoms with Crippen LogP contribution in [0.4, 0.5) is 5.69 Å². The van der Waals surface area contributed by atoms with E-state index in [-0.39, 0.29) is 6.04 Å². The second-order valence-electron chi connectivity index (χ2n) is 4.80. The molecular formula is C15H19ClN2S. The number of anilines is 1. The van der Waals surface area contributed by atoms with Gasteiger partial charge in [0.05, 0.1) is 16.8 Å². The third kappa shape index (κ3) is 3.11. The number of nitrogens with two attached hydrogens (primary N) is 1. The number of benzene rings is 1. The Kier molecular flexibility index (Phi) is 4.50. The zero-order valence-corrected chi connectivity index (χ0v) is 13.0. The molecule has 0 saturated heterocycles. The SMILES string of the molecule is CC(c1cccs1)N(C)c1ccc([C@H](C)N)cc1Cl. The molecule has 0 bridgehead atoms. The van der Waals surface area contributed by atoms with E-state index in [0.29, 0.717) is 6.04 Å². The average molecular weight is 295 g/mol.